The molecule has 2 amide bonds. The van der Waals surface area contributed by atoms with E-state index in [1.165, 1.54) is 11.1 Å². The van der Waals surface area contributed by atoms with Crippen molar-refractivity contribution in [3.05, 3.63) is 47.5 Å². The highest BCUT2D eigenvalue weighted by molar-refractivity contribution is 5.75. The molecule has 7 nitrogen and oxygen atoms in total. The summed E-state index contributed by atoms with van der Waals surface area (Å²) >= 11 is 0. The first kappa shape index (κ1) is 15.1. The summed E-state index contributed by atoms with van der Waals surface area (Å²) in [5.74, 6) is 0.751. The number of rotatable bonds is 2. The number of amides is 2. The van der Waals surface area contributed by atoms with Crippen molar-refractivity contribution in [3.63, 3.8) is 0 Å². The normalized spacial score (nSPS) is 20.9. The van der Waals surface area contributed by atoms with Gasteiger partial charge in [0, 0.05) is 19.6 Å². The number of nitrogens with zero attached hydrogens (tertiary/aromatic N) is 4. The van der Waals surface area contributed by atoms with E-state index in [2.05, 4.69) is 39.8 Å². The van der Waals surface area contributed by atoms with Gasteiger partial charge >= 0.3 is 6.03 Å². The van der Waals surface area contributed by atoms with Gasteiger partial charge < -0.3 is 19.5 Å². The number of hydrogen-bond donors (Lipinski definition) is 1. The molecule has 0 saturated carbocycles. The van der Waals surface area contributed by atoms with Crippen molar-refractivity contribution >= 4 is 6.03 Å². The lowest BCUT2D eigenvalue weighted by atomic mass is 10.1. The van der Waals surface area contributed by atoms with E-state index in [1.807, 2.05) is 16.5 Å². The third-order valence-corrected chi connectivity index (χ3v) is 4.77. The van der Waals surface area contributed by atoms with E-state index >= 15 is 0 Å². The van der Waals surface area contributed by atoms with E-state index in [9.17, 15) is 4.79 Å². The summed E-state index contributed by atoms with van der Waals surface area (Å²) in [5, 5.41) is 11.1. The fraction of sp³-hybridized carbons (Fsp3) is 0.471. The van der Waals surface area contributed by atoms with E-state index in [1.54, 1.807) is 6.33 Å². The van der Waals surface area contributed by atoms with Gasteiger partial charge in [-0.1, -0.05) is 24.3 Å². The minimum Gasteiger partial charge on any atom is -0.366 e. The number of carbonyl (C=O) groups excluding carboxylic acids is 1. The van der Waals surface area contributed by atoms with Crippen LogP contribution in [0.25, 0.3) is 0 Å². The van der Waals surface area contributed by atoms with Crippen LogP contribution < -0.4 is 5.32 Å². The molecule has 7 heteroatoms. The molecule has 24 heavy (non-hydrogen) atoms. The van der Waals surface area contributed by atoms with E-state index in [-0.39, 0.29) is 18.2 Å². The maximum atomic E-state index is 12.6. The molecule has 126 valence electrons. The van der Waals surface area contributed by atoms with Crippen LogP contribution >= 0.6 is 0 Å². The fourth-order valence-electron chi connectivity index (χ4n) is 3.50. The highest BCUT2D eigenvalue weighted by Gasteiger charge is 2.30. The van der Waals surface area contributed by atoms with Crippen LogP contribution in [0.1, 0.15) is 23.1 Å². The Morgan fingerprint density at radius 1 is 1.29 bits per heavy atom. The maximum Gasteiger partial charge on any atom is 0.317 e. The zero-order valence-electron chi connectivity index (χ0n) is 13.7. The molecule has 1 aromatic heterocycles. The number of fused-ring (bicyclic) bond motifs is 1. The van der Waals surface area contributed by atoms with Gasteiger partial charge in [0.1, 0.15) is 12.4 Å². The molecule has 1 saturated heterocycles. The smallest absolute Gasteiger partial charge is 0.317 e. The molecule has 0 unspecified atom stereocenters. The van der Waals surface area contributed by atoms with Gasteiger partial charge in [-0.2, -0.15) is 0 Å². The first-order chi connectivity index (χ1) is 11.7. The zero-order chi connectivity index (χ0) is 16.5. The summed E-state index contributed by atoms with van der Waals surface area (Å²) in [6, 6.07) is 8.53. The summed E-state index contributed by atoms with van der Waals surface area (Å²) in [7, 11) is 1.88. The predicted molar refractivity (Wildman–Crippen MR) is 87.4 cm³/mol. The Morgan fingerprint density at radius 3 is 2.71 bits per heavy atom. The number of aromatic nitrogens is 3. The van der Waals surface area contributed by atoms with Crippen molar-refractivity contribution in [1.82, 2.24) is 25.0 Å². The molecule has 0 spiro atoms. The Morgan fingerprint density at radius 2 is 2.04 bits per heavy atom. The molecule has 1 aliphatic carbocycles. The number of morpholine rings is 1. The van der Waals surface area contributed by atoms with Crippen LogP contribution in [0.2, 0.25) is 0 Å². The first-order valence-electron chi connectivity index (χ1n) is 8.28. The van der Waals surface area contributed by atoms with Crippen molar-refractivity contribution < 1.29 is 9.53 Å². The van der Waals surface area contributed by atoms with Crippen molar-refractivity contribution in [2.75, 3.05) is 19.7 Å². The van der Waals surface area contributed by atoms with E-state index in [0.29, 0.717) is 19.7 Å². The van der Waals surface area contributed by atoms with E-state index in [4.69, 9.17) is 4.74 Å². The lowest BCUT2D eigenvalue weighted by molar-refractivity contribution is -0.0217. The molecule has 0 radical (unpaired) electrons. The summed E-state index contributed by atoms with van der Waals surface area (Å²) < 4.78 is 7.59. The molecule has 2 heterocycles. The average molecular weight is 327 g/mol. The molecule has 0 bridgehead atoms. The molecule has 1 fully saturated rings. The van der Waals surface area contributed by atoms with Gasteiger partial charge in [0.15, 0.2) is 5.82 Å². The van der Waals surface area contributed by atoms with Gasteiger partial charge in [-0.3, -0.25) is 0 Å². The van der Waals surface area contributed by atoms with Crippen LogP contribution in [-0.4, -0.2) is 51.4 Å². The number of urea groups is 1. The summed E-state index contributed by atoms with van der Waals surface area (Å²) in [5.41, 5.74) is 2.67. The Kier molecular flexibility index (Phi) is 3.93. The fourth-order valence-corrected chi connectivity index (χ4v) is 3.50. The standard InChI is InChI=1S/C17H21N5O2/c1-21-11-18-20-16(21)15-10-22(6-7-24-15)17(23)19-14-8-12-4-2-3-5-13(12)9-14/h2-5,11,14-15H,6-10H2,1H3,(H,19,23)/t15-/m1/s1. The molecule has 2 aliphatic rings. The SMILES string of the molecule is Cn1cnnc1[C@H]1CN(C(=O)NC2Cc3ccccc3C2)CCO1. The molecule has 1 aromatic carbocycles. The maximum absolute atomic E-state index is 12.6. The zero-order valence-corrected chi connectivity index (χ0v) is 13.7. The molecule has 4 rings (SSSR count). The minimum absolute atomic E-state index is 0.0247. The highest BCUT2D eigenvalue weighted by Crippen LogP contribution is 2.23. The van der Waals surface area contributed by atoms with Crippen molar-refractivity contribution in [2.45, 2.75) is 25.0 Å². The number of aryl methyl sites for hydroxylation is 1. The quantitative estimate of drug-likeness (QED) is 0.895. The number of ether oxygens (including phenoxy) is 1. The molecule has 1 aliphatic heterocycles. The lowest BCUT2D eigenvalue weighted by Crippen LogP contribution is -2.50. The number of hydrogen-bond acceptors (Lipinski definition) is 4. The van der Waals surface area contributed by atoms with Crippen LogP contribution in [0.15, 0.2) is 30.6 Å². The summed E-state index contributed by atoms with van der Waals surface area (Å²) in [6.07, 6.45) is 3.23. The van der Waals surface area contributed by atoms with Gasteiger partial charge in [0.25, 0.3) is 0 Å². The van der Waals surface area contributed by atoms with Crippen LogP contribution in [0, 0.1) is 0 Å². The predicted octanol–water partition coefficient (Wildman–Crippen LogP) is 1.07. The van der Waals surface area contributed by atoms with Gasteiger partial charge in [0.2, 0.25) is 0 Å². The molecular weight excluding hydrogens is 306 g/mol. The number of benzene rings is 1. The largest absolute Gasteiger partial charge is 0.366 e. The topological polar surface area (TPSA) is 72.3 Å². The molecule has 1 N–H and O–H groups in total. The van der Waals surface area contributed by atoms with E-state index < -0.39 is 0 Å². The second kappa shape index (κ2) is 6.24. The second-order valence-corrected chi connectivity index (χ2v) is 6.43. The van der Waals surface area contributed by atoms with Gasteiger partial charge in [0.05, 0.1) is 13.2 Å². The third-order valence-electron chi connectivity index (χ3n) is 4.77. The van der Waals surface area contributed by atoms with Crippen molar-refractivity contribution in [1.29, 1.82) is 0 Å². The lowest BCUT2D eigenvalue weighted by Gasteiger charge is -2.33. The Balaban J connectivity index is 1.38. The third kappa shape index (κ3) is 2.87. The van der Waals surface area contributed by atoms with Gasteiger partial charge in [-0.15, -0.1) is 10.2 Å². The molecule has 1 atom stereocenters. The van der Waals surface area contributed by atoms with Crippen LogP contribution in [0.3, 0.4) is 0 Å². The monoisotopic (exact) mass is 327 g/mol. The second-order valence-electron chi connectivity index (χ2n) is 6.43. The Labute approximate surface area is 140 Å². The molecular formula is C17H21N5O2. The van der Waals surface area contributed by atoms with Crippen molar-refractivity contribution in [2.24, 2.45) is 7.05 Å². The van der Waals surface area contributed by atoms with Crippen LogP contribution in [0.4, 0.5) is 4.79 Å². The average Bonchev–Trinajstić information content (AvgIpc) is 3.20. The van der Waals surface area contributed by atoms with Crippen LogP contribution in [0.5, 0.6) is 0 Å². The van der Waals surface area contributed by atoms with Gasteiger partial charge in [-0.25, -0.2) is 4.79 Å². The number of carbonyl (C=O) groups is 1. The van der Waals surface area contributed by atoms with Gasteiger partial charge in [-0.05, 0) is 24.0 Å². The summed E-state index contributed by atoms with van der Waals surface area (Å²) in [4.78, 5) is 14.4. The minimum atomic E-state index is -0.224. The van der Waals surface area contributed by atoms with Crippen LogP contribution in [-0.2, 0) is 24.6 Å². The highest BCUT2D eigenvalue weighted by atomic mass is 16.5. The van der Waals surface area contributed by atoms with E-state index in [0.717, 1.165) is 18.7 Å². The number of nitrogens with one attached hydrogen (secondary N) is 1. The van der Waals surface area contributed by atoms with Crippen molar-refractivity contribution in [3.8, 4) is 0 Å². The summed E-state index contributed by atoms with van der Waals surface area (Å²) in [6.45, 7) is 1.60. The Bertz CT molecular complexity index is 719. The Hall–Kier alpha value is -2.41. The molecule has 2 aromatic rings. The first-order valence-corrected chi connectivity index (χ1v) is 8.28.